The minimum Gasteiger partial charge on any atom is -0.389 e. The molecular formula is C14H29NO2. The van der Waals surface area contributed by atoms with E-state index in [2.05, 4.69) is 12.2 Å². The van der Waals surface area contributed by atoms with E-state index in [1.165, 1.54) is 32.1 Å². The minimum atomic E-state index is -0.351. The first kappa shape index (κ1) is 14.9. The molecule has 2 N–H and O–H groups in total. The maximum Gasteiger partial charge on any atom is 0.0897 e. The van der Waals surface area contributed by atoms with Gasteiger partial charge in [-0.05, 0) is 25.3 Å². The molecule has 1 rings (SSSR count). The Labute approximate surface area is 106 Å². The van der Waals surface area contributed by atoms with Gasteiger partial charge in [0, 0.05) is 13.2 Å². The molecule has 0 aromatic rings. The first-order valence-electron chi connectivity index (χ1n) is 7.29. The first-order chi connectivity index (χ1) is 8.33. The van der Waals surface area contributed by atoms with Crippen molar-refractivity contribution in [3.63, 3.8) is 0 Å². The van der Waals surface area contributed by atoms with Crippen LogP contribution in [0.5, 0.6) is 0 Å². The van der Waals surface area contributed by atoms with Gasteiger partial charge >= 0.3 is 0 Å². The van der Waals surface area contributed by atoms with Gasteiger partial charge in [-0.1, -0.05) is 39.0 Å². The number of nitrogens with one attached hydrogen (secondary N) is 1. The van der Waals surface area contributed by atoms with Gasteiger partial charge in [-0.2, -0.15) is 0 Å². The summed E-state index contributed by atoms with van der Waals surface area (Å²) >= 11 is 0. The summed E-state index contributed by atoms with van der Waals surface area (Å²) in [4.78, 5) is 0. The van der Waals surface area contributed by atoms with E-state index in [9.17, 15) is 5.11 Å². The van der Waals surface area contributed by atoms with Gasteiger partial charge in [0.25, 0.3) is 0 Å². The van der Waals surface area contributed by atoms with Crippen molar-refractivity contribution in [2.75, 3.05) is 26.3 Å². The lowest BCUT2D eigenvalue weighted by atomic mass is 10.0. The summed E-state index contributed by atoms with van der Waals surface area (Å²) < 4.78 is 5.38. The molecule has 1 aliphatic carbocycles. The Balaban J connectivity index is 1.84. The number of aliphatic hydroxyl groups excluding tert-OH is 1. The molecule has 0 bridgehead atoms. The number of rotatable bonds is 10. The van der Waals surface area contributed by atoms with Crippen molar-refractivity contribution in [1.82, 2.24) is 5.32 Å². The van der Waals surface area contributed by atoms with Crippen molar-refractivity contribution in [2.45, 2.75) is 58.0 Å². The van der Waals surface area contributed by atoms with Crippen LogP contribution in [-0.2, 0) is 4.74 Å². The molecule has 0 aromatic carbocycles. The van der Waals surface area contributed by atoms with Crippen molar-refractivity contribution < 1.29 is 9.84 Å². The van der Waals surface area contributed by atoms with Crippen LogP contribution in [0, 0.1) is 5.92 Å². The Morgan fingerprint density at radius 2 is 2.12 bits per heavy atom. The molecule has 1 aliphatic rings. The van der Waals surface area contributed by atoms with E-state index in [0.29, 0.717) is 13.2 Å². The lowest BCUT2D eigenvalue weighted by Gasteiger charge is -2.13. The second-order valence-electron chi connectivity index (χ2n) is 5.23. The van der Waals surface area contributed by atoms with E-state index < -0.39 is 0 Å². The molecule has 3 nitrogen and oxygen atoms in total. The van der Waals surface area contributed by atoms with Gasteiger partial charge in [-0.15, -0.1) is 0 Å². The van der Waals surface area contributed by atoms with Crippen LogP contribution in [0.2, 0.25) is 0 Å². The third kappa shape index (κ3) is 7.74. The zero-order valence-electron chi connectivity index (χ0n) is 11.3. The van der Waals surface area contributed by atoms with Crippen LogP contribution in [-0.4, -0.2) is 37.5 Å². The largest absolute Gasteiger partial charge is 0.389 e. The van der Waals surface area contributed by atoms with Crippen LogP contribution in [0.1, 0.15) is 51.9 Å². The summed E-state index contributed by atoms with van der Waals surface area (Å²) in [7, 11) is 0. The smallest absolute Gasteiger partial charge is 0.0897 e. The van der Waals surface area contributed by atoms with Crippen molar-refractivity contribution >= 4 is 0 Å². The molecule has 102 valence electrons. The molecule has 0 amide bonds. The number of aliphatic hydroxyl groups is 1. The van der Waals surface area contributed by atoms with E-state index in [0.717, 1.165) is 31.9 Å². The number of unbranched alkanes of at least 4 members (excludes halogenated alkanes) is 1. The summed E-state index contributed by atoms with van der Waals surface area (Å²) in [6.07, 6.45) is 8.79. The summed E-state index contributed by atoms with van der Waals surface area (Å²) in [5, 5.41) is 13.0. The Kier molecular flexibility index (Phi) is 8.67. The van der Waals surface area contributed by atoms with Crippen molar-refractivity contribution in [2.24, 2.45) is 5.92 Å². The highest BCUT2D eigenvalue weighted by Crippen LogP contribution is 2.26. The predicted octanol–water partition coefficient (Wildman–Crippen LogP) is 2.33. The topological polar surface area (TPSA) is 41.5 Å². The van der Waals surface area contributed by atoms with E-state index >= 15 is 0 Å². The fourth-order valence-corrected chi connectivity index (χ4v) is 2.40. The molecule has 0 saturated heterocycles. The zero-order valence-corrected chi connectivity index (χ0v) is 11.3. The summed E-state index contributed by atoms with van der Waals surface area (Å²) in [6.45, 7) is 5.09. The Morgan fingerprint density at radius 1 is 1.35 bits per heavy atom. The van der Waals surface area contributed by atoms with Crippen LogP contribution in [0.4, 0.5) is 0 Å². The summed E-state index contributed by atoms with van der Waals surface area (Å²) in [5.41, 5.74) is 0. The minimum absolute atomic E-state index is 0.351. The molecule has 0 aliphatic heterocycles. The van der Waals surface area contributed by atoms with Gasteiger partial charge in [0.15, 0.2) is 0 Å². The van der Waals surface area contributed by atoms with Gasteiger partial charge in [0.05, 0.1) is 12.7 Å². The van der Waals surface area contributed by atoms with Gasteiger partial charge in [0.1, 0.15) is 0 Å². The van der Waals surface area contributed by atoms with E-state index in [1.807, 2.05) is 0 Å². The monoisotopic (exact) mass is 243 g/mol. The maximum absolute atomic E-state index is 9.65. The van der Waals surface area contributed by atoms with Crippen molar-refractivity contribution in [3.8, 4) is 0 Å². The molecule has 0 radical (unpaired) electrons. The zero-order chi connectivity index (χ0) is 12.3. The third-order valence-corrected chi connectivity index (χ3v) is 3.54. The van der Waals surface area contributed by atoms with Crippen LogP contribution in [0.25, 0.3) is 0 Å². The number of hydrogen-bond acceptors (Lipinski definition) is 3. The molecule has 0 heterocycles. The summed E-state index contributed by atoms with van der Waals surface area (Å²) in [5.74, 6) is 0.931. The lowest BCUT2D eigenvalue weighted by molar-refractivity contribution is 0.0359. The van der Waals surface area contributed by atoms with E-state index in [-0.39, 0.29) is 6.10 Å². The normalized spacial score (nSPS) is 18.7. The Hall–Kier alpha value is -0.120. The van der Waals surface area contributed by atoms with Gasteiger partial charge in [-0.3, -0.25) is 0 Å². The van der Waals surface area contributed by atoms with Gasteiger partial charge in [0.2, 0.25) is 0 Å². The van der Waals surface area contributed by atoms with Gasteiger partial charge < -0.3 is 15.2 Å². The average molecular weight is 243 g/mol. The maximum atomic E-state index is 9.65. The van der Waals surface area contributed by atoms with Gasteiger partial charge in [-0.25, -0.2) is 0 Å². The average Bonchev–Trinajstić information content (AvgIpc) is 2.83. The van der Waals surface area contributed by atoms with Crippen LogP contribution >= 0.6 is 0 Å². The second-order valence-corrected chi connectivity index (χ2v) is 5.23. The first-order valence-corrected chi connectivity index (χ1v) is 7.29. The highest BCUT2D eigenvalue weighted by molar-refractivity contribution is 4.68. The summed E-state index contributed by atoms with van der Waals surface area (Å²) in [6, 6.07) is 0. The number of ether oxygens (including phenoxy) is 1. The molecule has 17 heavy (non-hydrogen) atoms. The molecule has 3 heteroatoms. The van der Waals surface area contributed by atoms with Crippen molar-refractivity contribution in [3.05, 3.63) is 0 Å². The second kappa shape index (κ2) is 9.86. The fraction of sp³-hybridized carbons (Fsp3) is 1.00. The van der Waals surface area contributed by atoms with Crippen molar-refractivity contribution in [1.29, 1.82) is 0 Å². The third-order valence-electron chi connectivity index (χ3n) is 3.54. The standard InChI is InChI=1S/C14H29NO2/c1-2-3-10-17-12-14(16)11-15-9-8-13-6-4-5-7-13/h13-16H,2-12H2,1H3. The Bertz CT molecular complexity index is 170. The number of hydrogen-bond donors (Lipinski definition) is 2. The van der Waals surface area contributed by atoms with Crippen LogP contribution in [0.15, 0.2) is 0 Å². The van der Waals surface area contributed by atoms with E-state index in [4.69, 9.17) is 4.74 Å². The quantitative estimate of drug-likeness (QED) is 0.579. The fourth-order valence-electron chi connectivity index (χ4n) is 2.40. The van der Waals surface area contributed by atoms with E-state index in [1.54, 1.807) is 0 Å². The molecule has 1 saturated carbocycles. The lowest BCUT2D eigenvalue weighted by Crippen LogP contribution is -2.31. The SMILES string of the molecule is CCCCOCC(O)CNCCC1CCCC1. The van der Waals surface area contributed by atoms with Crippen LogP contribution in [0.3, 0.4) is 0 Å². The molecular weight excluding hydrogens is 214 g/mol. The predicted molar refractivity (Wildman–Crippen MR) is 71.2 cm³/mol. The molecule has 1 unspecified atom stereocenters. The molecule has 1 atom stereocenters. The molecule has 0 aromatic heterocycles. The molecule has 0 spiro atoms. The highest BCUT2D eigenvalue weighted by atomic mass is 16.5. The molecule has 1 fully saturated rings. The highest BCUT2D eigenvalue weighted by Gasteiger charge is 2.14. The van der Waals surface area contributed by atoms with Crippen LogP contribution < -0.4 is 5.32 Å². The Morgan fingerprint density at radius 3 is 2.82 bits per heavy atom.